The summed E-state index contributed by atoms with van der Waals surface area (Å²) in [5.41, 5.74) is 2.76. The molecule has 4 atom stereocenters. The number of pyridine rings is 1. The Morgan fingerprint density at radius 2 is 2.09 bits per heavy atom. The number of anilines is 1. The van der Waals surface area contributed by atoms with Gasteiger partial charge in [-0.15, -0.1) is 0 Å². The SMILES string of the molecule is CC[C@@H]1[C@@H](n2cnc3c(NCc4cc(Cl)ccc4Cl)cc(Cl)nc32)[C@H](O)C[C@H]1C(=N)OC. The number of ether oxygens (including phenoxy) is 1. The van der Waals surface area contributed by atoms with Crippen molar-refractivity contribution in [3.8, 4) is 0 Å². The van der Waals surface area contributed by atoms with Crippen LogP contribution < -0.4 is 5.32 Å². The van der Waals surface area contributed by atoms with Crippen LogP contribution in [0.4, 0.5) is 5.69 Å². The number of aromatic nitrogens is 3. The summed E-state index contributed by atoms with van der Waals surface area (Å²) >= 11 is 18.7. The molecule has 1 saturated carbocycles. The van der Waals surface area contributed by atoms with Gasteiger partial charge in [-0.3, -0.25) is 5.41 Å². The van der Waals surface area contributed by atoms with E-state index in [1.165, 1.54) is 7.11 Å². The van der Waals surface area contributed by atoms with Crippen LogP contribution in [0.1, 0.15) is 31.4 Å². The number of rotatable bonds is 6. The first-order chi connectivity index (χ1) is 15.3. The van der Waals surface area contributed by atoms with Crippen molar-refractivity contribution in [2.75, 3.05) is 12.4 Å². The van der Waals surface area contributed by atoms with E-state index in [0.29, 0.717) is 45.0 Å². The minimum atomic E-state index is -0.652. The Hall–Kier alpha value is -2.06. The molecule has 1 aliphatic rings. The third kappa shape index (κ3) is 4.27. The number of hydrogen-bond donors (Lipinski definition) is 3. The number of benzene rings is 1. The van der Waals surface area contributed by atoms with Gasteiger partial charge in [-0.05, 0) is 36.1 Å². The van der Waals surface area contributed by atoms with Crippen molar-refractivity contribution in [1.82, 2.24) is 14.5 Å². The molecule has 7 nitrogen and oxygen atoms in total. The maximum atomic E-state index is 10.9. The minimum absolute atomic E-state index is 0.0114. The molecule has 0 unspecified atom stereocenters. The van der Waals surface area contributed by atoms with Crippen LogP contribution in [0.25, 0.3) is 11.2 Å². The van der Waals surface area contributed by atoms with Gasteiger partial charge in [0.15, 0.2) is 11.5 Å². The van der Waals surface area contributed by atoms with Gasteiger partial charge in [0.05, 0.1) is 31.3 Å². The smallest absolute Gasteiger partial charge is 0.183 e. The number of halogens is 3. The highest BCUT2D eigenvalue weighted by molar-refractivity contribution is 6.33. The molecule has 0 radical (unpaired) electrons. The number of aliphatic hydroxyl groups excluding tert-OH is 1. The zero-order valence-electron chi connectivity index (χ0n) is 17.6. The maximum absolute atomic E-state index is 10.9. The van der Waals surface area contributed by atoms with Crippen LogP contribution in [0.2, 0.25) is 15.2 Å². The molecule has 1 fully saturated rings. The molecule has 0 amide bonds. The van der Waals surface area contributed by atoms with E-state index in [4.69, 9.17) is 44.9 Å². The Balaban J connectivity index is 1.69. The van der Waals surface area contributed by atoms with Gasteiger partial charge in [0.1, 0.15) is 10.7 Å². The zero-order chi connectivity index (χ0) is 23.0. The fourth-order valence-corrected chi connectivity index (χ4v) is 5.23. The van der Waals surface area contributed by atoms with Crippen molar-refractivity contribution in [2.24, 2.45) is 11.8 Å². The molecule has 2 aromatic heterocycles. The molecule has 32 heavy (non-hydrogen) atoms. The van der Waals surface area contributed by atoms with Gasteiger partial charge >= 0.3 is 0 Å². The van der Waals surface area contributed by atoms with Crippen LogP contribution in [0.15, 0.2) is 30.6 Å². The van der Waals surface area contributed by atoms with E-state index in [1.54, 1.807) is 30.6 Å². The van der Waals surface area contributed by atoms with Gasteiger partial charge in [-0.25, -0.2) is 9.97 Å². The molecule has 2 heterocycles. The average Bonchev–Trinajstić information content (AvgIpc) is 3.33. The third-order valence-electron chi connectivity index (χ3n) is 6.17. The van der Waals surface area contributed by atoms with E-state index in [-0.39, 0.29) is 23.8 Å². The van der Waals surface area contributed by atoms with Crippen LogP contribution in [0, 0.1) is 17.2 Å². The summed E-state index contributed by atoms with van der Waals surface area (Å²) < 4.78 is 7.05. The lowest BCUT2D eigenvalue weighted by atomic mass is 9.90. The quantitative estimate of drug-likeness (QED) is 0.235. The van der Waals surface area contributed by atoms with Crippen LogP contribution in [-0.2, 0) is 11.3 Å². The normalized spacial score (nSPS) is 22.9. The molecule has 0 bridgehead atoms. The summed E-state index contributed by atoms with van der Waals surface area (Å²) in [5, 5.41) is 23.9. The number of nitrogens with zero attached hydrogens (tertiary/aromatic N) is 3. The average molecular weight is 497 g/mol. The lowest BCUT2D eigenvalue weighted by Crippen LogP contribution is -2.26. The Morgan fingerprint density at radius 3 is 2.81 bits per heavy atom. The monoisotopic (exact) mass is 495 g/mol. The molecule has 10 heteroatoms. The summed E-state index contributed by atoms with van der Waals surface area (Å²) in [7, 11) is 1.49. The summed E-state index contributed by atoms with van der Waals surface area (Å²) in [6.45, 7) is 2.48. The molecular weight excluding hydrogens is 473 g/mol. The highest BCUT2D eigenvalue weighted by Crippen LogP contribution is 2.44. The molecule has 4 rings (SSSR count). The van der Waals surface area contributed by atoms with Crippen LogP contribution in [0.3, 0.4) is 0 Å². The minimum Gasteiger partial charge on any atom is -0.484 e. The summed E-state index contributed by atoms with van der Waals surface area (Å²) in [5.74, 6) is 0.0380. The van der Waals surface area contributed by atoms with Crippen LogP contribution in [0.5, 0.6) is 0 Å². The van der Waals surface area contributed by atoms with Gasteiger partial charge in [-0.2, -0.15) is 0 Å². The van der Waals surface area contributed by atoms with Crippen molar-refractivity contribution in [3.63, 3.8) is 0 Å². The van der Waals surface area contributed by atoms with Crippen LogP contribution in [-0.4, -0.2) is 38.8 Å². The van der Waals surface area contributed by atoms with Gasteiger partial charge in [0.25, 0.3) is 0 Å². The fourth-order valence-electron chi connectivity index (χ4n) is 4.67. The standard InChI is InChI=1S/C22H24Cl3N5O2/c1-3-13-14(21(26)32-2)7-17(31)20(13)30-10-28-19-16(8-18(25)29-22(19)30)27-9-11-6-12(23)4-5-15(11)24/h4-6,8,10,13-14,17,20,26,31H,3,7,9H2,1-2H3,(H,27,29)/t13-,14+,17+,20+/m0/s1. The summed E-state index contributed by atoms with van der Waals surface area (Å²) in [4.78, 5) is 9.08. The number of imidazole rings is 1. The van der Waals surface area contributed by atoms with E-state index in [9.17, 15) is 5.11 Å². The van der Waals surface area contributed by atoms with E-state index >= 15 is 0 Å². The second-order valence-electron chi connectivity index (χ2n) is 7.95. The Labute approximate surface area is 201 Å². The van der Waals surface area contributed by atoms with Gasteiger partial charge in [0, 0.05) is 28.6 Å². The lowest BCUT2D eigenvalue weighted by Gasteiger charge is -2.25. The maximum Gasteiger partial charge on any atom is 0.183 e. The van der Waals surface area contributed by atoms with E-state index in [0.717, 1.165) is 12.0 Å². The van der Waals surface area contributed by atoms with E-state index < -0.39 is 6.10 Å². The van der Waals surface area contributed by atoms with E-state index in [2.05, 4.69) is 15.3 Å². The molecule has 3 aromatic rings. The number of aliphatic hydroxyl groups is 1. The van der Waals surface area contributed by atoms with Crippen molar-refractivity contribution in [1.29, 1.82) is 5.41 Å². The molecule has 3 N–H and O–H groups in total. The predicted molar refractivity (Wildman–Crippen MR) is 128 cm³/mol. The molecule has 170 valence electrons. The summed E-state index contributed by atoms with van der Waals surface area (Å²) in [6.07, 6.45) is 2.26. The highest BCUT2D eigenvalue weighted by Gasteiger charge is 2.45. The Bertz CT molecular complexity index is 1150. The zero-order valence-corrected chi connectivity index (χ0v) is 19.9. The number of nitrogens with one attached hydrogen (secondary N) is 2. The molecule has 0 saturated heterocycles. The number of fused-ring (bicyclic) bond motifs is 1. The third-order valence-corrected chi connectivity index (χ3v) is 6.97. The number of methoxy groups -OCH3 is 1. The van der Waals surface area contributed by atoms with E-state index in [1.807, 2.05) is 11.5 Å². The summed E-state index contributed by atoms with van der Waals surface area (Å²) in [6, 6.07) is 6.73. The molecule has 1 aliphatic carbocycles. The largest absolute Gasteiger partial charge is 0.484 e. The first-order valence-corrected chi connectivity index (χ1v) is 11.5. The van der Waals surface area contributed by atoms with Gasteiger partial charge < -0.3 is 19.7 Å². The highest BCUT2D eigenvalue weighted by atomic mass is 35.5. The predicted octanol–water partition coefficient (Wildman–Crippen LogP) is 5.58. The van der Waals surface area contributed by atoms with Gasteiger partial charge in [-0.1, -0.05) is 48.1 Å². The second kappa shape index (κ2) is 9.43. The van der Waals surface area contributed by atoms with Crippen molar-refractivity contribution < 1.29 is 9.84 Å². The fraction of sp³-hybridized carbons (Fsp3) is 0.409. The lowest BCUT2D eigenvalue weighted by molar-refractivity contribution is 0.123. The Kier molecular flexibility index (Phi) is 6.81. The topological polar surface area (TPSA) is 96.0 Å². The molecule has 0 aliphatic heterocycles. The Morgan fingerprint density at radius 1 is 1.31 bits per heavy atom. The number of hydrogen-bond acceptors (Lipinski definition) is 6. The van der Waals surface area contributed by atoms with Crippen LogP contribution >= 0.6 is 34.8 Å². The van der Waals surface area contributed by atoms with Crippen molar-refractivity contribution >= 4 is 57.6 Å². The van der Waals surface area contributed by atoms with Gasteiger partial charge in [0.2, 0.25) is 0 Å². The molecule has 1 aromatic carbocycles. The first kappa shape index (κ1) is 23.1. The van der Waals surface area contributed by atoms with Crippen molar-refractivity contribution in [2.45, 2.75) is 38.5 Å². The first-order valence-electron chi connectivity index (χ1n) is 10.3. The molecular formula is C22H24Cl3N5O2. The second-order valence-corrected chi connectivity index (χ2v) is 9.18. The van der Waals surface area contributed by atoms with Crippen molar-refractivity contribution in [3.05, 3.63) is 51.4 Å². The molecule has 0 spiro atoms.